The minimum Gasteiger partial charge on any atom is -0.481 e. The maximum Gasteiger partial charge on any atom is 0.307 e. The molecule has 1 aliphatic rings. The maximum atomic E-state index is 12.1. The second-order valence-corrected chi connectivity index (χ2v) is 5.12. The third-order valence-electron chi connectivity index (χ3n) is 3.18. The number of carbonyl (C=O) groups excluding carboxylic acids is 1. The highest BCUT2D eigenvalue weighted by molar-refractivity contribution is 7.12. The van der Waals surface area contributed by atoms with Crippen molar-refractivity contribution in [2.75, 3.05) is 0 Å². The van der Waals surface area contributed by atoms with Gasteiger partial charge in [-0.15, -0.1) is 11.3 Å². The molecule has 3 nitrogen and oxygen atoms in total. The number of carboxylic acid groups (broad SMARTS) is 1. The molecule has 0 spiro atoms. The van der Waals surface area contributed by atoms with Crippen LogP contribution in [0.2, 0.25) is 0 Å². The van der Waals surface area contributed by atoms with E-state index in [1.165, 1.54) is 11.3 Å². The molecule has 2 rings (SSSR count). The van der Waals surface area contributed by atoms with Gasteiger partial charge in [-0.05, 0) is 24.3 Å². The molecular weight excluding hydrogens is 224 g/mol. The largest absolute Gasteiger partial charge is 0.481 e. The number of carboxylic acids is 1. The summed E-state index contributed by atoms with van der Waals surface area (Å²) in [6.07, 6.45) is 3.24. The van der Waals surface area contributed by atoms with Crippen LogP contribution in [0.1, 0.15) is 35.4 Å². The summed E-state index contributed by atoms with van der Waals surface area (Å²) in [4.78, 5) is 23.9. The van der Waals surface area contributed by atoms with Gasteiger partial charge < -0.3 is 5.11 Å². The Balaban J connectivity index is 2.17. The lowest BCUT2D eigenvalue weighted by Gasteiger charge is -2.26. The highest BCUT2D eigenvalue weighted by Crippen LogP contribution is 2.33. The molecule has 1 fully saturated rings. The Bertz CT molecular complexity index is 383. The summed E-state index contributed by atoms with van der Waals surface area (Å²) in [7, 11) is 0. The molecule has 0 saturated heterocycles. The van der Waals surface area contributed by atoms with Crippen molar-refractivity contribution in [3.8, 4) is 0 Å². The Morgan fingerprint density at radius 2 is 1.94 bits per heavy atom. The van der Waals surface area contributed by atoms with E-state index in [4.69, 9.17) is 5.11 Å². The molecule has 4 heteroatoms. The molecule has 0 amide bonds. The first kappa shape index (κ1) is 11.3. The summed E-state index contributed by atoms with van der Waals surface area (Å²) in [5, 5.41) is 11.0. The quantitative estimate of drug-likeness (QED) is 0.824. The zero-order valence-corrected chi connectivity index (χ0v) is 9.70. The molecule has 1 aliphatic carbocycles. The number of Topliss-reactive ketones (excluding diaryl/α,β-unsaturated/α-hetero) is 1. The van der Waals surface area contributed by atoms with Gasteiger partial charge in [0.2, 0.25) is 0 Å². The molecule has 1 heterocycles. The second-order valence-electron chi connectivity index (χ2n) is 4.18. The Labute approximate surface area is 98.1 Å². The third kappa shape index (κ3) is 2.16. The average molecular weight is 238 g/mol. The number of carbonyl (C=O) groups is 2. The van der Waals surface area contributed by atoms with Crippen LogP contribution in [0.4, 0.5) is 0 Å². The predicted octanol–water partition coefficient (Wildman–Crippen LogP) is 2.82. The predicted molar refractivity (Wildman–Crippen MR) is 61.7 cm³/mol. The van der Waals surface area contributed by atoms with Crippen LogP contribution in [0.3, 0.4) is 0 Å². The SMILES string of the molecule is O=C(O)C1CCCCC1C(=O)c1cccs1. The fraction of sp³-hybridized carbons (Fsp3) is 0.500. The number of thiophene rings is 1. The minimum absolute atomic E-state index is 0.0158. The van der Waals surface area contributed by atoms with Gasteiger partial charge in [0.25, 0.3) is 0 Å². The molecule has 0 aromatic carbocycles. The zero-order valence-electron chi connectivity index (χ0n) is 8.89. The topological polar surface area (TPSA) is 54.4 Å². The lowest BCUT2D eigenvalue weighted by Crippen LogP contribution is -2.32. The van der Waals surface area contributed by atoms with Crippen molar-refractivity contribution < 1.29 is 14.7 Å². The van der Waals surface area contributed by atoms with Gasteiger partial charge >= 0.3 is 5.97 Å². The van der Waals surface area contributed by atoms with Crippen LogP contribution >= 0.6 is 11.3 Å². The highest BCUT2D eigenvalue weighted by atomic mass is 32.1. The van der Waals surface area contributed by atoms with E-state index in [2.05, 4.69) is 0 Å². The lowest BCUT2D eigenvalue weighted by atomic mass is 9.76. The van der Waals surface area contributed by atoms with Gasteiger partial charge in [0, 0.05) is 5.92 Å². The number of rotatable bonds is 3. The average Bonchev–Trinajstić information content (AvgIpc) is 2.81. The van der Waals surface area contributed by atoms with Crippen molar-refractivity contribution in [2.45, 2.75) is 25.7 Å². The summed E-state index contributed by atoms with van der Waals surface area (Å²) < 4.78 is 0. The Kier molecular flexibility index (Phi) is 3.39. The molecule has 0 aliphatic heterocycles. The number of hydrogen-bond donors (Lipinski definition) is 1. The van der Waals surface area contributed by atoms with E-state index in [0.717, 1.165) is 12.8 Å². The van der Waals surface area contributed by atoms with Crippen LogP contribution in [0.5, 0.6) is 0 Å². The van der Waals surface area contributed by atoms with Crippen LogP contribution in [0.25, 0.3) is 0 Å². The van der Waals surface area contributed by atoms with Crippen molar-refractivity contribution in [3.63, 3.8) is 0 Å². The molecule has 1 N–H and O–H groups in total. The van der Waals surface area contributed by atoms with Crippen molar-refractivity contribution in [1.29, 1.82) is 0 Å². The van der Waals surface area contributed by atoms with E-state index in [0.29, 0.717) is 17.7 Å². The molecule has 2 unspecified atom stereocenters. The van der Waals surface area contributed by atoms with Gasteiger partial charge in [0.15, 0.2) is 5.78 Å². The fourth-order valence-electron chi connectivity index (χ4n) is 2.34. The molecule has 1 aromatic rings. The number of aliphatic carboxylic acids is 1. The second kappa shape index (κ2) is 4.78. The van der Waals surface area contributed by atoms with Gasteiger partial charge in [-0.1, -0.05) is 18.9 Å². The highest BCUT2D eigenvalue weighted by Gasteiger charge is 2.36. The van der Waals surface area contributed by atoms with Crippen LogP contribution in [-0.2, 0) is 4.79 Å². The number of ketones is 1. The van der Waals surface area contributed by atoms with Crippen LogP contribution in [-0.4, -0.2) is 16.9 Å². The van der Waals surface area contributed by atoms with E-state index >= 15 is 0 Å². The van der Waals surface area contributed by atoms with E-state index in [9.17, 15) is 9.59 Å². The summed E-state index contributed by atoms with van der Waals surface area (Å²) in [5.74, 6) is -1.61. The van der Waals surface area contributed by atoms with Crippen LogP contribution in [0, 0.1) is 11.8 Å². The normalized spacial score (nSPS) is 25.2. The standard InChI is InChI=1S/C12H14O3S/c13-11(10-6-3-7-16-10)8-4-1-2-5-9(8)12(14)15/h3,6-9H,1-2,4-5H2,(H,14,15). The summed E-state index contributed by atoms with van der Waals surface area (Å²) >= 11 is 1.40. The van der Waals surface area contributed by atoms with Crippen molar-refractivity contribution in [3.05, 3.63) is 22.4 Å². The molecule has 86 valence electrons. The first-order valence-corrected chi connectivity index (χ1v) is 6.38. The monoisotopic (exact) mass is 238 g/mol. The van der Waals surface area contributed by atoms with Gasteiger partial charge in [-0.3, -0.25) is 9.59 Å². The van der Waals surface area contributed by atoms with Crippen LogP contribution in [0.15, 0.2) is 17.5 Å². The Morgan fingerprint density at radius 3 is 2.50 bits per heavy atom. The molecular formula is C12H14O3S. The molecule has 0 bridgehead atoms. The van der Waals surface area contributed by atoms with Gasteiger partial charge in [0.1, 0.15) is 0 Å². The smallest absolute Gasteiger partial charge is 0.307 e. The van der Waals surface area contributed by atoms with Crippen molar-refractivity contribution in [1.82, 2.24) is 0 Å². The third-order valence-corrected chi connectivity index (χ3v) is 4.07. The van der Waals surface area contributed by atoms with Crippen LogP contribution < -0.4 is 0 Å². The minimum atomic E-state index is -0.824. The van der Waals surface area contributed by atoms with E-state index < -0.39 is 11.9 Å². The maximum absolute atomic E-state index is 12.1. The molecule has 2 atom stereocenters. The van der Waals surface area contributed by atoms with E-state index in [-0.39, 0.29) is 11.7 Å². The summed E-state index contributed by atoms with van der Waals surface area (Å²) in [6, 6.07) is 3.61. The first-order chi connectivity index (χ1) is 7.70. The van der Waals surface area contributed by atoms with E-state index in [1.807, 2.05) is 11.4 Å². The summed E-state index contributed by atoms with van der Waals surface area (Å²) in [6.45, 7) is 0. The fourth-order valence-corrected chi connectivity index (χ4v) is 3.07. The van der Waals surface area contributed by atoms with Gasteiger partial charge in [-0.2, -0.15) is 0 Å². The molecule has 1 aromatic heterocycles. The van der Waals surface area contributed by atoms with Gasteiger partial charge in [0.05, 0.1) is 10.8 Å². The molecule has 0 radical (unpaired) electrons. The Hall–Kier alpha value is -1.16. The van der Waals surface area contributed by atoms with Crippen molar-refractivity contribution in [2.24, 2.45) is 11.8 Å². The molecule has 1 saturated carbocycles. The zero-order chi connectivity index (χ0) is 11.5. The lowest BCUT2D eigenvalue weighted by molar-refractivity contribution is -0.144. The van der Waals surface area contributed by atoms with E-state index in [1.54, 1.807) is 6.07 Å². The van der Waals surface area contributed by atoms with Gasteiger partial charge in [-0.25, -0.2) is 0 Å². The molecule has 16 heavy (non-hydrogen) atoms. The Morgan fingerprint density at radius 1 is 1.25 bits per heavy atom. The van der Waals surface area contributed by atoms with Crippen molar-refractivity contribution >= 4 is 23.1 Å². The number of hydrogen-bond acceptors (Lipinski definition) is 3. The summed E-state index contributed by atoms with van der Waals surface area (Å²) in [5.41, 5.74) is 0. The first-order valence-electron chi connectivity index (χ1n) is 5.50.